The molecule has 7 heteroatoms. The number of hydrogen-bond donors (Lipinski definition) is 1. The molecule has 0 heterocycles. The van der Waals surface area contributed by atoms with Crippen LogP contribution in [0.3, 0.4) is 0 Å². The van der Waals surface area contributed by atoms with E-state index in [1.807, 2.05) is 72.8 Å². The van der Waals surface area contributed by atoms with Crippen molar-refractivity contribution in [1.82, 2.24) is 0 Å². The Morgan fingerprint density at radius 3 is 1.92 bits per heavy atom. The van der Waals surface area contributed by atoms with E-state index in [0.717, 1.165) is 33.9 Å². The number of rotatable bonds is 8. The summed E-state index contributed by atoms with van der Waals surface area (Å²) >= 11 is 0. The largest absolute Gasteiger partial charge is 0.497 e. The number of non-ortho nitro benzene ring substituents is 1. The number of hydrogen-bond acceptors (Lipinski definition) is 6. The highest BCUT2D eigenvalue weighted by atomic mass is 16.6. The van der Waals surface area contributed by atoms with E-state index in [2.05, 4.69) is 11.0 Å². The summed E-state index contributed by atoms with van der Waals surface area (Å²) in [5.41, 5.74) is 5.39. The lowest BCUT2D eigenvalue weighted by Gasteiger charge is -2.26. The van der Waals surface area contributed by atoms with E-state index < -0.39 is 4.92 Å². The molecule has 0 unspecified atom stereocenters. The highest BCUT2D eigenvalue weighted by Crippen LogP contribution is 2.36. The smallest absolute Gasteiger partial charge is 0.269 e. The van der Waals surface area contributed by atoms with Crippen LogP contribution in [0.4, 0.5) is 22.7 Å². The van der Waals surface area contributed by atoms with Gasteiger partial charge in [-0.15, -0.1) is 0 Å². The topological polar surface area (TPSA) is 99.6 Å². The number of allylic oxidation sites excluding steroid dienone is 1. The Morgan fingerprint density at radius 2 is 1.44 bits per heavy atom. The maximum absolute atomic E-state index is 10.9. The minimum atomic E-state index is -0.468. The third-order valence-electron chi connectivity index (χ3n) is 5.68. The maximum atomic E-state index is 10.9. The van der Waals surface area contributed by atoms with Crippen molar-refractivity contribution in [3.05, 3.63) is 124 Å². The summed E-state index contributed by atoms with van der Waals surface area (Å²) in [6.45, 7) is -0.0279. The molecule has 0 spiro atoms. The number of nitro groups is 1. The lowest BCUT2D eigenvalue weighted by atomic mass is 10.0. The number of nitro benzene ring substituents is 1. The van der Waals surface area contributed by atoms with Crippen LogP contribution in [0.1, 0.15) is 16.7 Å². The molecule has 0 saturated carbocycles. The van der Waals surface area contributed by atoms with Gasteiger partial charge in [-0.3, -0.25) is 10.1 Å². The number of aliphatic hydroxyl groups excluding tert-OH is 1. The molecule has 0 amide bonds. The molecule has 4 rings (SSSR count). The first kappa shape index (κ1) is 24.2. The van der Waals surface area contributed by atoms with E-state index in [1.165, 1.54) is 12.1 Å². The summed E-state index contributed by atoms with van der Waals surface area (Å²) in [6.07, 6.45) is 1.75. The van der Waals surface area contributed by atoms with E-state index >= 15 is 0 Å². The van der Waals surface area contributed by atoms with Gasteiger partial charge < -0.3 is 14.7 Å². The summed E-state index contributed by atoms with van der Waals surface area (Å²) in [5, 5.41) is 30.0. The third kappa shape index (κ3) is 5.41. The highest BCUT2D eigenvalue weighted by Gasteiger charge is 2.13. The first-order valence-electron chi connectivity index (χ1n) is 11.1. The van der Waals surface area contributed by atoms with Gasteiger partial charge in [0.1, 0.15) is 5.75 Å². The monoisotopic (exact) mass is 477 g/mol. The fraction of sp³-hybridized carbons (Fsp3) is 0.0690. The highest BCUT2D eigenvalue weighted by molar-refractivity contribution is 5.90. The molecule has 178 valence electrons. The number of benzene rings is 4. The summed E-state index contributed by atoms with van der Waals surface area (Å²) < 4.78 is 5.30. The van der Waals surface area contributed by atoms with Crippen molar-refractivity contribution < 1.29 is 14.8 Å². The summed E-state index contributed by atoms with van der Waals surface area (Å²) in [5.74, 6) is 0.755. The van der Waals surface area contributed by atoms with Crippen LogP contribution in [-0.2, 0) is 6.61 Å². The van der Waals surface area contributed by atoms with Crippen molar-refractivity contribution in [2.75, 3.05) is 12.0 Å². The maximum Gasteiger partial charge on any atom is 0.269 e. The van der Waals surface area contributed by atoms with Gasteiger partial charge in [0.25, 0.3) is 5.69 Å². The van der Waals surface area contributed by atoms with E-state index in [1.54, 1.807) is 25.3 Å². The Balaban J connectivity index is 1.68. The van der Waals surface area contributed by atoms with Gasteiger partial charge in [0.2, 0.25) is 0 Å². The van der Waals surface area contributed by atoms with E-state index in [0.29, 0.717) is 11.1 Å². The molecule has 0 atom stereocenters. The van der Waals surface area contributed by atoms with Crippen LogP contribution >= 0.6 is 0 Å². The molecule has 0 saturated heterocycles. The van der Waals surface area contributed by atoms with E-state index in [4.69, 9.17) is 4.74 Å². The molecule has 4 aromatic rings. The molecule has 1 N–H and O–H groups in total. The predicted molar refractivity (Wildman–Crippen MR) is 140 cm³/mol. The molecule has 4 aromatic carbocycles. The molecule has 0 bridgehead atoms. The predicted octanol–water partition coefficient (Wildman–Crippen LogP) is 6.63. The molecular weight excluding hydrogens is 454 g/mol. The average Bonchev–Trinajstić information content (AvgIpc) is 2.93. The van der Waals surface area contributed by atoms with Gasteiger partial charge in [-0.25, -0.2) is 0 Å². The van der Waals surface area contributed by atoms with Gasteiger partial charge in [0.15, 0.2) is 0 Å². The SMILES string of the molecule is COc1ccc(N(c2ccc(C=C(C#N)c3ccc([N+](=O)[O-])cc3)cc2)c2ccc(CO)cc2)cc1. The van der Waals surface area contributed by atoms with Crippen LogP contribution in [0, 0.1) is 21.4 Å². The Hall–Kier alpha value is -4.93. The van der Waals surface area contributed by atoms with Crippen molar-refractivity contribution in [3.8, 4) is 11.8 Å². The van der Waals surface area contributed by atoms with E-state index in [-0.39, 0.29) is 12.3 Å². The van der Waals surface area contributed by atoms with Crippen molar-refractivity contribution in [1.29, 1.82) is 5.26 Å². The Labute approximate surface area is 208 Å². The quantitative estimate of drug-likeness (QED) is 0.132. The summed E-state index contributed by atoms with van der Waals surface area (Å²) in [7, 11) is 1.62. The van der Waals surface area contributed by atoms with Gasteiger partial charge in [0, 0.05) is 29.2 Å². The Morgan fingerprint density at radius 1 is 0.917 bits per heavy atom. The van der Waals surface area contributed by atoms with Crippen LogP contribution in [-0.4, -0.2) is 17.1 Å². The standard InChI is InChI=1S/C29H23N3O4/c1-36-29-16-14-27(15-17-29)31(26-10-4-22(20-33)5-11-26)25-8-2-21(3-9-25)18-24(19-30)23-6-12-28(13-7-23)32(34)35/h2-18,33H,20H2,1H3. The number of nitriles is 1. The minimum Gasteiger partial charge on any atom is -0.497 e. The van der Waals surface area contributed by atoms with Crippen LogP contribution < -0.4 is 9.64 Å². The Bertz CT molecular complexity index is 1360. The van der Waals surface area contributed by atoms with Crippen LogP contribution in [0.25, 0.3) is 11.6 Å². The van der Waals surface area contributed by atoms with Crippen LogP contribution in [0.5, 0.6) is 5.75 Å². The van der Waals surface area contributed by atoms with Crippen molar-refractivity contribution in [3.63, 3.8) is 0 Å². The van der Waals surface area contributed by atoms with Crippen molar-refractivity contribution >= 4 is 34.4 Å². The van der Waals surface area contributed by atoms with Crippen LogP contribution in [0.2, 0.25) is 0 Å². The van der Waals surface area contributed by atoms with Gasteiger partial charge in [-0.2, -0.15) is 5.26 Å². The molecule has 0 aliphatic carbocycles. The average molecular weight is 478 g/mol. The van der Waals surface area contributed by atoms with Gasteiger partial charge >= 0.3 is 0 Å². The van der Waals surface area contributed by atoms with Crippen molar-refractivity contribution in [2.24, 2.45) is 0 Å². The number of nitrogens with zero attached hydrogens (tertiary/aromatic N) is 3. The van der Waals surface area contributed by atoms with Crippen LogP contribution in [0.15, 0.2) is 97.1 Å². The number of anilines is 3. The second kappa shape index (κ2) is 11.0. The normalized spacial score (nSPS) is 11.0. The molecule has 0 aliphatic heterocycles. The molecule has 36 heavy (non-hydrogen) atoms. The zero-order valence-electron chi connectivity index (χ0n) is 19.5. The second-order valence-electron chi connectivity index (χ2n) is 7.92. The lowest BCUT2D eigenvalue weighted by molar-refractivity contribution is -0.384. The van der Waals surface area contributed by atoms with Gasteiger partial charge in [0.05, 0.1) is 30.3 Å². The minimum absolute atomic E-state index is 0.0222. The summed E-state index contributed by atoms with van der Waals surface area (Å²) in [4.78, 5) is 12.5. The molecule has 0 fully saturated rings. The zero-order valence-corrected chi connectivity index (χ0v) is 19.5. The lowest BCUT2D eigenvalue weighted by Crippen LogP contribution is -2.10. The fourth-order valence-electron chi connectivity index (χ4n) is 3.76. The first-order chi connectivity index (χ1) is 17.5. The van der Waals surface area contributed by atoms with Crippen molar-refractivity contribution in [2.45, 2.75) is 6.61 Å². The van der Waals surface area contributed by atoms with Gasteiger partial charge in [-0.1, -0.05) is 24.3 Å². The molecule has 0 aromatic heterocycles. The summed E-state index contributed by atoms with van der Waals surface area (Å²) in [6, 6.07) is 31.2. The zero-order chi connectivity index (χ0) is 25.5. The second-order valence-corrected chi connectivity index (χ2v) is 7.92. The number of methoxy groups -OCH3 is 1. The van der Waals surface area contributed by atoms with E-state index in [9.17, 15) is 20.5 Å². The van der Waals surface area contributed by atoms with Gasteiger partial charge in [-0.05, 0) is 83.4 Å². The number of aliphatic hydroxyl groups is 1. The molecular formula is C29H23N3O4. The Kier molecular flexibility index (Phi) is 7.39. The molecule has 7 nitrogen and oxygen atoms in total. The molecule has 0 aliphatic rings. The first-order valence-corrected chi connectivity index (χ1v) is 11.1. The fourth-order valence-corrected chi connectivity index (χ4v) is 3.76. The third-order valence-corrected chi connectivity index (χ3v) is 5.68. The number of ether oxygens (including phenoxy) is 1. The molecule has 0 radical (unpaired) electrons.